The Kier molecular flexibility index (Phi) is 6.80. The Bertz CT molecular complexity index is 1070. The summed E-state index contributed by atoms with van der Waals surface area (Å²) < 4.78 is 0. The summed E-state index contributed by atoms with van der Waals surface area (Å²) in [5.41, 5.74) is 5.42. The lowest BCUT2D eigenvalue weighted by Gasteiger charge is -2.38. The molecule has 2 aromatic rings. The van der Waals surface area contributed by atoms with E-state index in [0.717, 1.165) is 23.4 Å². The lowest BCUT2D eigenvalue weighted by Crippen LogP contribution is -2.57. The molecule has 1 saturated carbocycles. The van der Waals surface area contributed by atoms with Crippen LogP contribution >= 0.6 is 11.6 Å². The molecule has 0 bridgehead atoms. The SMILES string of the molecule is CNO/C(=N\CN1CC(N2CCN(C3CC3)CC2=O)C(c2ccc(Cl)cc2)=N1)c1ccccc1. The largest absolute Gasteiger partial charge is 0.388 e. The molecule has 2 fully saturated rings. The van der Waals surface area contributed by atoms with Crippen LogP contribution in [0.15, 0.2) is 64.7 Å². The molecule has 178 valence electrons. The second-order valence-electron chi connectivity index (χ2n) is 8.76. The number of benzene rings is 2. The third kappa shape index (κ3) is 5.09. The van der Waals surface area contributed by atoms with Crippen LogP contribution in [0, 0.1) is 0 Å². The number of hydrazone groups is 1. The van der Waals surface area contributed by atoms with Crippen LogP contribution in [0.5, 0.6) is 0 Å². The molecule has 1 atom stereocenters. The fourth-order valence-corrected chi connectivity index (χ4v) is 4.67. The molecule has 0 aromatic heterocycles. The van der Waals surface area contributed by atoms with E-state index in [0.29, 0.717) is 43.3 Å². The van der Waals surface area contributed by atoms with Gasteiger partial charge in [0.15, 0.2) is 0 Å². The van der Waals surface area contributed by atoms with Crippen molar-refractivity contribution in [3.63, 3.8) is 0 Å². The molecule has 0 spiro atoms. The molecule has 1 aliphatic carbocycles. The van der Waals surface area contributed by atoms with Crippen LogP contribution in [-0.2, 0) is 9.63 Å². The van der Waals surface area contributed by atoms with Gasteiger partial charge in [-0.15, -0.1) is 0 Å². The van der Waals surface area contributed by atoms with E-state index >= 15 is 0 Å². The number of hydroxylamine groups is 1. The molecular formula is C25H29ClN6O2. The van der Waals surface area contributed by atoms with Crippen molar-refractivity contribution in [1.82, 2.24) is 20.3 Å². The molecule has 1 saturated heterocycles. The molecule has 2 aromatic carbocycles. The van der Waals surface area contributed by atoms with Crippen LogP contribution in [0.25, 0.3) is 0 Å². The van der Waals surface area contributed by atoms with E-state index in [1.54, 1.807) is 7.05 Å². The standard InChI is InChI=1S/C25H29ClN6O2/c1-27-34-25(19-5-3-2-4-6-19)28-17-31-15-22(24(29-31)18-7-9-20(26)10-8-18)32-14-13-30(16-23(32)33)21-11-12-21/h2-10,21-22,27H,11-17H2,1H3/b28-25-. The highest BCUT2D eigenvalue weighted by Gasteiger charge is 2.40. The number of aliphatic imine (C=N–C) groups is 1. The molecule has 3 aliphatic rings. The molecule has 9 heteroatoms. The lowest BCUT2D eigenvalue weighted by molar-refractivity contribution is -0.137. The second-order valence-corrected chi connectivity index (χ2v) is 9.20. The van der Waals surface area contributed by atoms with Crippen LogP contribution in [0.2, 0.25) is 5.02 Å². The molecular weight excluding hydrogens is 452 g/mol. The van der Waals surface area contributed by atoms with E-state index in [-0.39, 0.29) is 11.9 Å². The van der Waals surface area contributed by atoms with Crippen LogP contribution in [0.4, 0.5) is 0 Å². The molecule has 0 radical (unpaired) electrons. The average Bonchev–Trinajstić information content (AvgIpc) is 3.63. The van der Waals surface area contributed by atoms with Gasteiger partial charge in [0, 0.05) is 42.3 Å². The number of hydrogen-bond acceptors (Lipinski definition) is 7. The minimum absolute atomic E-state index is 0.129. The fraction of sp³-hybridized carbons (Fsp3) is 0.400. The third-order valence-electron chi connectivity index (χ3n) is 6.41. The summed E-state index contributed by atoms with van der Waals surface area (Å²) in [4.78, 5) is 27.7. The summed E-state index contributed by atoms with van der Waals surface area (Å²) in [7, 11) is 1.70. The Labute approximate surface area is 204 Å². The number of piperazine rings is 1. The average molecular weight is 481 g/mol. The first kappa shape index (κ1) is 22.8. The number of halogens is 1. The number of carbonyl (C=O) groups excluding carboxylic acids is 1. The minimum Gasteiger partial charge on any atom is -0.388 e. The Hall–Kier alpha value is -2.94. The van der Waals surface area contributed by atoms with Gasteiger partial charge in [-0.3, -0.25) is 14.7 Å². The summed E-state index contributed by atoms with van der Waals surface area (Å²) in [5.74, 6) is 0.655. The van der Waals surface area contributed by atoms with Gasteiger partial charge in [0.25, 0.3) is 0 Å². The maximum atomic E-state index is 13.1. The third-order valence-corrected chi connectivity index (χ3v) is 6.66. The highest BCUT2D eigenvalue weighted by Crippen LogP contribution is 2.29. The predicted octanol–water partition coefficient (Wildman–Crippen LogP) is 2.59. The van der Waals surface area contributed by atoms with Crippen LogP contribution < -0.4 is 5.48 Å². The number of hydrogen-bond donors (Lipinski definition) is 1. The van der Waals surface area contributed by atoms with E-state index in [9.17, 15) is 4.79 Å². The van der Waals surface area contributed by atoms with Crippen LogP contribution in [0.3, 0.4) is 0 Å². The molecule has 1 N–H and O–H groups in total. The lowest BCUT2D eigenvalue weighted by atomic mass is 10.0. The van der Waals surface area contributed by atoms with Gasteiger partial charge < -0.3 is 9.74 Å². The van der Waals surface area contributed by atoms with E-state index in [1.165, 1.54) is 12.8 Å². The predicted molar refractivity (Wildman–Crippen MR) is 133 cm³/mol. The summed E-state index contributed by atoms with van der Waals surface area (Å²) in [6.45, 7) is 3.00. The Morgan fingerprint density at radius 3 is 2.59 bits per heavy atom. The zero-order valence-electron chi connectivity index (χ0n) is 19.2. The first-order valence-corrected chi connectivity index (χ1v) is 12.1. The monoisotopic (exact) mass is 480 g/mol. The number of amides is 1. The van der Waals surface area contributed by atoms with E-state index in [4.69, 9.17) is 21.5 Å². The van der Waals surface area contributed by atoms with E-state index in [2.05, 4.69) is 15.4 Å². The second kappa shape index (κ2) is 10.1. The van der Waals surface area contributed by atoms with Crippen molar-refractivity contribution < 1.29 is 9.63 Å². The molecule has 2 heterocycles. The first-order valence-electron chi connectivity index (χ1n) is 11.7. The molecule has 1 unspecified atom stereocenters. The topological polar surface area (TPSA) is 72.8 Å². The summed E-state index contributed by atoms with van der Waals surface area (Å²) in [6, 6.07) is 17.8. The van der Waals surface area contributed by atoms with Crippen LogP contribution in [-0.4, -0.2) is 84.3 Å². The Morgan fingerprint density at radius 1 is 1.15 bits per heavy atom. The smallest absolute Gasteiger partial charge is 0.242 e. The van der Waals surface area contributed by atoms with Gasteiger partial charge in [-0.2, -0.15) is 10.6 Å². The molecule has 5 rings (SSSR count). The van der Waals surface area contributed by atoms with Crippen molar-refractivity contribution >= 4 is 29.1 Å². The number of nitrogens with zero attached hydrogens (tertiary/aromatic N) is 5. The quantitative estimate of drug-likeness (QED) is 0.374. The molecule has 1 amide bonds. The van der Waals surface area contributed by atoms with Crippen LogP contribution in [0.1, 0.15) is 24.0 Å². The van der Waals surface area contributed by atoms with Gasteiger partial charge >= 0.3 is 0 Å². The van der Waals surface area contributed by atoms with Gasteiger partial charge in [-0.1, -0.05) is 41.9 Å². The number of rotatable bonds is 7. The minimum atomic E-state index is -0.129. The van der Waals surface area contributed by atoms with Crippen molar-refractivity contribution in [2.24, 2.45) is 10.1 Å². The van der Waals surface area contributed by atoms with Gasteiger partial charge in [-0.25, -0.2) is 4.99 Å². The highest BCUT2D eigenvalue weighted by atomic mass is 35.5. The zero-order chi connectivity index (χ0) is 23.5. The Balaban J connectivity index is 1.37. The fourth-order valence-electron chi connectivity index (χ4n) is 4.54. The van der Waals surface area contributed by atoms with Gasteiger partial charge in [0.05, 0.1) is 24.8 Å². The molecule has 8 nitrogen and oxygen atoms in total. The maximum absolute atomic E-state index is 13.1. The van der Waals surface area contributed by atoms with Crippen molar-refractivity contribution in [2.75, 3.05) is 39.9 Å². The van der Waals surface area contributed by atoms with Crippen molar-refractivity contribution in [2.45, 2.75) is 24.9 Å². The van der Waals surface area contributed by atoms with E-state index < -0.39 is 0 Å². The van der Waals surface area contributed by atoms with Crippen molar-refractivity contribution in [1.29, 1.82) is 0 Å². The summed E-state index contributed by atoms with van der Waals surface area (Å²) >= 11 is 6.12. The zero-order valence-corrected chi connectivity index (χ0v) is 20.0. The summed E-state index contributed by atoms with van der Waals surface area (Å²) in [6.07, 6.45) is 2.41. The van der Waals surface area contributed by atoms with Gasteiger partial charge in [-0.05, 0) is 37.1 Å². The Morgan fingerprint density at radius 2 is 1.91 bits per heavy atom. The maximum Gasteiger partial charge on any atom is 0.242 e. The van der Waals surface area contributed by atoms with Crippen molar-refractivity contribution in [3.8, 4) is 0 Å². The summed E-state index contributed by atoms with van der Waals surface area (Å²) in [5, 5.41) is 7.46. The first-order chi connectivity index (χ1) is 16.6. The number of nitrogens with one attached hydrogen (secondary N) is 1. The van der Waals surface area contributed by atoms with Gasteiger partial charge in [0.2, 0.25) is 11.8 Å². The molecule has 34 heavy (non-hydrogen) atoms. The van der Waals surface area contributed by atoms with E-state index in [1.807, 2.05) is 64.5 Å². The van der Waals surface area contributed by atoms with Crippen molar-refractivity contribution in [3.05, 3.63) is 70.7 Å². The molecule has 2 aliphatic heterocycles. The van der Waals surface area contributed by atoms with Gasteiger partial charge in [0.1, 0.15) is 6.67 Å². The number of carbonyl (C=O) groups is 1. The highest BCUT2D eigenvalue weighted by molar-refractivity contribution is 6.30. The normalized spacial score (nSPS) is 21.7.